The third-order valence-electron chi connectivity index (χ3n) is 5.54. The van der Waals surface area contributed by atoms with E-state index in [0.29, 0.717) is 51.6 Å². The van der Waals surface area contributed by atoms with Crippen LogP contribution in [0.4, 0.5) is 10.5 Å². The number of amides is 5. The Kier molecular flexibility index (Phi) is 9.59. The molecule has 1 fully saturated rings. The highest BCUT2D eigenvalue weighted by molar-refractivity contribution is 6.25. The van der Waals surface area contributed by atoms with Crippen LogP contribution in [-0.4, -0.2) is 85.8 Å². The Hall–Kier alpha value is -3.51. The summed E-state index contributed by atoms with van der Waals surface area (Å²) in [7, 11) is 0. The molecule has 1 aromatic rings. The molecule has 0 radical (unpaired) electrons. The summed E-state index contributed by atoms with van der Waals surface area (Å²) in [6.07, 6.45) is 0.338. The van der Waals surface area contributed by atoms with Gasteiger partial charge in [-0.1, -0.05) is 6.07 Å². The minimum absolute atomic E-state index is 0.0724. The Labute approximate surface area is 215 Å². The molecular formula is C25H34N4O8. The van der Waals surface area contributed by atoms with Gasteiger partial charge in [-0.3, -0.25) is 29.4 Å². The van der Waals surface area contributed by atoms with Crippen molar-refractivity contribution in [2.45, 2.75) is 51.7 Å². The molecule has 202 valence electrons. The third-order valence-corrected chi connectivity index (χ3v) is 5.54. The number of hydrogen-bond donors (Lipinski definition) is 3. The molecule has 0 aromatic heterocycles. The Morgan fingerprint density at radius 3 is 2.46 bits per heavy atom. The average molecular weight is 519 g/mol. The zero-order valence-electron chi connectivity index (χ0n) is 21.4. The quantitative estimate of drug-likeness (QED) is 0.276. The first kappa shape index (κ1) is 28.1. The van der Waals surface area contributed by atoms with E-state index in [9.17, 15) is 24.0 Å². The largest absolute Gasteiger partial charge is 0.444 e. The van der Waals surface area contributed by atoms with E-state index in [0.717, 1.165) is 4.90 Å². The second-order valence-electron chi connectivity index (χ2n) is 9.61. The second kappa shape index (κ2) is 12.6. The van der Waals surface area contributed by atoms with Crippen molar-refractivity contribution in [3.8, 4) is 0 Å². The van der Waals surface area contributed by atoms with Gasteiger partial charge in [0.15, 0.2) is 0 Å². The number of imide groups is 2. The maximum atomic E-state index is 13.1. The smallest absolute Gasteiger partial charge is 0.407 e. The van der Waals surface area contributed by atoms with Crippen molar-refractivity contribution >= 4 is 35.4 Å². The summed E-state index contributed by atoms with van der Waals surface area (Å²) in [5.41, 5.74) is 0.421. The number of ether oxygens (including phenoxy) is 3. The summed E-state index contributed by atoms with van der Waals surface area (Å²) in [6.45, 7) is 7.77. The molecule has 3 rings (SSSR count). The van der Waals surface area contributed by atoms with E-state index in [4.69, 9.17) is 14.2 Å². The molecule has 2 aliphatic heterocycles. The Balaban J connectivity index is 1.34. The molecule has 0 saturated carbocycles. The molecule has 1 atom stereocenters. The lowest BCUT2D eigenvalue weighted by molar-refractivity contribution is -0.136. The van der Waals surface area contributed by atoms with Crippen molar-refractivity contribution in [1.29, 1.82) is 0 Å². The minimum Gasteiger partial charge on any atom is -0.444 e. The maximum Gasteiger partial charge on any atom is 0.407 e. The Morgan fingerprint density at radius 2 is 1.76 bits per heavy atom. The highest BCUT2D eigenvalue weighted by Gasteiger charge is 2.45. The van der Waals surface area contributed by atoms with Gasteiger partial charge in [-0.2, -0.15) is 0 Å². The molecule has 12 nitrogen and oxygen atoms in total. The monoisotopic (exact) mass is 518 g/mol. The Morgan fingerprint density at radius 1 is 1.03 bits per heavy atom. The SMILES string of the molecule is CC(C)(C)OC(=O)NCCOCCOCCCNc1cccc2c1C(=O)N(C1CCC(=O)NC1=O)C2=O. The van der Waals surface area contributed by atoms with E-state index in [1.807, 2.05) is 0 Å². The molecule has 0 aliphatic carbocycles. The number of piperidine rings is 1. The maximum absolute atomic E-state index is 13.1. The summed E-state index contributed by atoms with van der Waals surface area (Å²) >= 11 is 0. The zero-order valence-corrected chi connectivity index (χ0v) is 21.4. The summed E-state index contributed by atoms with van der Waals surface area (Å²) in [6, 6.07) is 3.93. The molecule has 2 aliphatic rings. The molecular weight excluding hydrogens is 484 g/mol. The van der Waals surface area contributed by atoms with Crippen molar-refractivity contribution in [3.05, 3.63) is 29.3 Å². The minimum atomic E-state index is -0.998. The topological polar surface area (TPSA) is 152 Å². The fourth-order valence-corrected chi connectivity index (χ4v) is 3.92. The van der Waals surface area contributed by atoms with Crippen LogP contribution in [0, 0.1) is 0 Å². The van der Waals surface area contributed by atoms with E-state index in [2.05, 4.69) is 16.0 Å². The van der Waals surface area contributed by atoms with E-state index in [1.54, 1.807) is 39.0 Å². The number of carbonyl (C=O) groups excluding carboxylic acids is 5. The number of benzene rings is 1. The van der Waals surface area contributed by atoms with Crippen LogP contribution in [0.1, 0.15) is 60.7 Å². The molecule has 1 unspecified atom stereocenters. The molecule has 1 saturated heterocycles. The number of hydrogen-bond acceptors (Lipinski definition) is 9. The highest BCUT2D eigenvalue weighted by Crippen LogP contribution is 2.32. The first-order chi connectivity index (χ1) is 17.6. The Bertz CT molecular complexity index is 1040. The van der Waals surface area contributed by atoms with Crippen molar-refractivity contribution in [2.24, 2.45) is 0 Å². The molecule has 5 amide bonds. The van der Waals surface area contributed by atoms with Crippen LogP contribution in [0.25, 0.3) is 0 Å². The van der Waals surface area contributed by atoms with E-state index in [1.165, 1.54) is 0 Å². The predicted octanol–water partition coefficient (Wildman–Crippen LogP) is 1.45. The van der Waals surface area contributed by atoms with Gasteiger partial charge in [-0.05, 0) is 45.7 Å². The first-order valence-corrected chi connectivity index (χ1v) is 12.3. The van der Waals surface area contributed by atoms with Gasteiger partial charge in [0, 0.05) is 31.8 Å². The van der Waals surface area contributed by atoms with Gasteiger partial charge < -0.3 is 24.8 Å². The molecule has 37 heavy (non-hydrogen) atoms. The molecule has 12 heteroatoms. The van der Waals surface area contributed by atoms with Crippen LogP contribution in [0.2, 0.25) is 0 Å². The second-order valence-corrected chi connectivity index (χ2v) is 9.61. The third kappa shape index (κ3) is 7.73. The van der Waals surface area contributed by atoms with Crippen LogP contribution in [0.3, 0.4) is 0 Å². The summed E-state index contributed by atoms with van der Waals surface area (Å²) in [5.74, 6) is -2.14. The molecule has 0 spiro atoms. The van der Waals surface area contributed by atoms with Crippen LogP contribution >= 0.6 is 0 Å². The number of carbonyl (C=O) groups is 5. The number of alkyl carbamates (subject to hydrolysis) is 1. The van der Waals surface area contributed by atoms with Crippen molar-refractivity contribution in [3.63, 3.8) is 0 Å². The van der Waals surface area contributed by atoms with Gasteiger partial charge in [0.2, 0.25) is 11.8 Å². The van der Waals surface area contributed by atoms with Gasteiger partial charge in [-0.15, -0.1) is 0 Å². The van der Waals surface area contributed by atoms with Crippen molar-refractivity contribution in [1.82, 2.24) is 15.5 Å². The van der Waals surface area contributed by atoms with Gasteiger partial charge in [0.05, 0.1) is 30.9 Å². The van der Waals surface area contributed by atoms with Crippen molar-refractivity contribution in [2.75, 3.05) is 44.8 Å². The molecule has 1 aromatic carbocycles. The number of anilines is 1. The van der Waals surface area contributed by atoms with Gasteiger partial charge >= 0.3 is 6.09 Å². The molecule has 0 bridgehead atoms. The highest BCUT2D eigenvalue weighted by atomic mass is 16.6. The zero-order chi connectivity index (χ0) is 27.0. The lowest BCUT2D eigenvalue weighted by atomic mass is 10.0. The normalized spacial score (nSPS) is 17.5. The van der Waals surface area contributed by atoms with Gasteiger partial charge in [0.25, 0.3) is 11.8 Å². The number of nitrogens with one attached hydrogen (secondary N) is 3. The number of nitrogens with zero attached hydrogens (tertiary/aromatic N) is 1. The fourth-order valence-electron chi connectivity index (χ4n) is 3.92. The number of fused-ring (bicyclic) bond motifs is 1. The summed E-state index contributed by atoms with van der Waals surface area (Å²) in [5, 5.41) is 7.96. The van der Waals surface area contributed by atoms with Crippen LogP contribution in [0.15, 0.2) is 18.2 Å². The average Bonchev–Trinajstić information content (AvgIpc) is 3.07. The standard InChI is InChI=1S/C25H34N4O8/c1-25(2,3)37-24(34)27-11-13-36-15-14-35-12-5-10-26-17-7-4-6-16-20(17)23(33)29(22(16)32)18-8-9-19(30)28-21(18)31/h4,6-7,18,26H,5,8-15H2,1-3H3,(H,27,34)(H,28,30,31). The van der Waals surface area contributed by atoms with Crippen LogP contribution in [0.5, 0.6) is 0 Å². The summed E-state index contributed by atoms with van der Waals surface area (Å²) in [4.78, 5) is 62.1. The summed E-state index contributed by atoms with van der Waals surface area (Å²) < 4.78 is 16.1. The van der Waals surface area contributed by atoms with E-state index in [-0.39, 0.29) is 24.0 Å². The van der Waals surface area contributed by atoms with Crippen molar-refractivity contribution < 1.29 is 38.2 Å². The van der Waals surface area contributed by atoms with Crippen LogP contribution < -0.4 is 16.0 Å². The lowest BCUT2D eigenvalue weighted by Gasteiger charge is -2.27. The van der Waals surface area contributed by atoms with E-state index >= 15 is 0 Å². The van der Waals surface area contributed by atoms with Gasteiger partial charge in [0.1, 0.15) is 11.6 Å². The molecule has 2 heterocycles. The van der Waals surface area contributed by atoms with Crippen LogP contribution in [-0.2, 0) is 23.8 Å². The molecule has 3 N–H and O–H groups in total. The lowest BCUT2D eigenvalue weighted by Crippen LogP contribution is -2.54. The predicted molar refractivity (Wildman–Crippen MR) is 132 cm³/mol. The van der Waals surface area contributed by atoms with E-state index < -0.39 is 41.4 Å². The first-order valence-electron chi connectivity index (χ1n) is 12.3. The van der Waals surface area contributed by atoms with Gasteiger partial charge in [-0.25, -0.2) is 4.79 Å². The fraction of sp³-hybridized carbons (Fsp3) is 0.560. The number of rotatable bonds is 12.